The number of fused-ring (bicyclic) bond motifs is 1. The molecule has 0 saturated heterocycles. The van der Waals surface area contributed by atoms with E-state index in [9.17, 15) is 27.2 Å². The smallest absolute Gasteiger partial charge is 0.383 e. The van der Waals surface area contributed by atoms with Gasteiger partial charge in [-0.2, -0.15) is 8.78 Å². The molecule has 1 aromatic rings. The third-order valence-electron chi connectivity index (χ3n) is 3.02. The number of hydrogen-bond acceptors (Lipinski definition) is 2. The zero-order valence-corrected chi connectivity index (χ0v) is 9.95. The van der Waals surface area contributed by atoms with E-state index in [2.05, 4.69) is 0 Å². The van der Waals surface area contributed by atoms with Crippen LogP contribution in [0.5, 0.6) is 0 Å². The minimum atomic E-state index is -4.74. The maximum Gasteiger partial charge on any atom is 0.383 e. The lowest BCUT2D eigenvalue weighted by atomic mass is 10.1. The summed E-state index contributed by atoms with van der Waals surface area (Å²) in [6.45, 7) is -0.548. The second-order valence-corrected chi connectivity index (χ2v) is 4.37. The second kappa shape index (κ2) is 4.77. The zero-order valence-electron chi connectivity index (χ0n) is 9.95. The van der Waals surface area contributed by atoms with Crippen LogP contribution in [0, 0.1) is 0 Å². The number of halogens is 4. The fourth-order valence-electron chi connectivity index (χ4n) is 1.98. The predicted octanol–water partition coefficient (Wildman–Crippen LogP) is 2.13. The van der Waals surface area contributed by atoms with Crippen LogP contribution < -0.4 is 0 Å². The molecule has 1 N–H and O–H groups in total. The Balaban J connectivity index is 2.21. The van der Waals surface area contributed by atoms with Crippen LogP contribution in [0.4, 0.5) is 17.6 Å². The van der Waals surface area contributed by atoms with Crippen LogP contribution in [0.25, 0.3) is 0 Å². The van der Waals surface area contributed by atoms with E-state index in [-0.39, 0.29) is 18.7 Å². The van der Waals surface area contributed by atoms with Gasteiger partial charge in [0, 0.05) is 13.1 Å². The first-order valence-corrected chi connectivity index (χ1v) is 5.54. The Hall–Kier alpha value is -2.12. The van der Waals surface area contributed by atoms with Crippen molar-refractivity contribution in [3.8, 4) is 0 Å². The number of aromatic carboxylic acids is 1. The molecule has 0 aliphatic carbocycles. The number of carbonyl (C=O) groups is 2. The standard InChI is InChI=1S/C12H9F4NO3/c13-10(14)12(15,16)11(20)17-4-7-2-1-6(9(18)19)3-8(7)5-17/h1-3,10H,4-5H2,(H,18,19). The average molecular weight is 291 g/mol. The van der Waals surface area contributed by atoms with Crippen LogP contribution in [0.2, 0.25) is 0 Å². The van der Waals surface area contributed by atoms with Gasteiger partial charge in [-0.1, -0.05) is 6.07 Å². The monoisotopic (exact) mass is 291 g/mol. The second-order valence-electron chi connectivity index (χ2n) is 4.37. The molecule has 0 fully saturated rings. The molecule has 2 rings (SSSR count). The van der Waals surface area contributed by atoms with Crippen molar-refractivity contribution in [2.45, 2.75) is 25.4 Å². The largest absolute Gasteiger partial charge is 0.478 e. The number of nitrogens with zero attached hydrogens (tertiary/aromatic N) is 1. The van der Waals surface area contributed by atoms with Crippen LogP contribution in [-0.4, -0.2) is 34.2 Å². The third kappa shape index (κ3) is 2.33. The molecule has 0 saturated carbocycles. The molecule has 1 heterocycles. The molecule has 1 amide bonds. The van der Waals surface area contributed by atoms with Crippen molar-refractivity contribution in [2.75, 3.05) is 0 Å². The Morgan fingerprint density at radius 3 is 2.35 bits per heavy atom. The summed E-state index contributed by atoms with van der Waals surface area (Å²) in [4.78, 5) is 22.7. The van der Waals surface area contributed by atoms with E-state index in [0.29, 0.717) is 16.0 Å². The summed E-state index contributed by atoms with van der Waals surface area (Å²) in [5.41, 5.74) is 0.774. The molecule has 0 unspecified atom stereocenters. The van der Waals surface area contributed by atoms with E-state index >= 15 is 0 Å². The first-order chi connectivity index (χ1) is 9.23. The van der Waals surface area contributed by atoms with Gasteiger partial charge in [-0.25, -0.2) is 13.6 Å². The van der Waals surface area contributed by atoms with E-state index in [0.717, 1.165) is 0 Å². The average Bonchev–Trinajstić information content (AvgIpc) is 2.79. The summed E-state index contributed by atoms with van der Waals surface area (Å²) in [7, 11) is 0. The maximum atomic E-state index is 13.0. The van der Waals surface area contributed by atoms with Crippen LogP contribution >= 0.6 is 0 Å². The van der Waals surface area contributed by atoms with E-state index in [1.165, 1.54) is 18.2 Å². The lowest BCUT2D eigenvalue weighted by Crippen LogP contribution is -2.45. The molecule has 4 nitrogen and oxygen atoms in total. The fourth-order valence-corrected chi connectivity index (χ4v) is 1.98. The zero-order chi connectivity index (χ0) is 15.1. The Kier molecular flexibility index (Phi) is 3.41. The highest BCUT2D eigenvalue weighted by Gasteiger charge is 2.51. The molecule has 0 spiro atoms. The van der Waals surface area contributed by atoms with Gasteiger partial charge in [0.1, 0.15) is 0 Å². The first kappa shape index (κ1) is 14.3. The number of alkyl halides is 4. The molecular weight excluding hydrogens is 282 g/mol. The highest BCUT2D eigenvalue weighted by atomic mass is 19.3. The van der Waals surface area contributed by atoms with Crippen LogP contribution in [-0.2, 0) is 17.9 Å². The Morgan fingerprint density at radius 1 is 1.20 bits per heavy atom. The van der Waals surface area contributed by atoms with Crippen LogP contribution in [0.3, 0.4) is 0 Å². The molecule has 8 heteroatoms. The summed E-state index contributed by atoms with van der Waals surface area (Å²) >= 11 is 0. The Morgan fingerprint density at radius 2 is 1.80 bits per heavy atom. The third-order valence-corrected chi connectivity index (χ3v) is 3.02. The molecule has 0 atom stereocenters. The van der Waals surface area contributed by atoms with Crippen molar-refractivity contribution >= 4 is 11.9 Å². The fraction of sp³-hybridized carbons (Fsp3) is 0.333. The van der Waals surface area contributed by atoms with Gasteiger partial charge in [0.15, 0.2) is 0 Å². The minimum Gasteiger partial charge on any atom is -0.478 e. The van der Waals surface area contributed by atoms with Gasteiger partial charge >= 0.3 is 18.3 Å². The van der Waals surface area contributed by atoms with Crippen molar-refractivity contribution < 1.29 is 32.3 Å². The first-order valence-electron chi connectivity index (χ1n) is 5.54. The quantitative estimate of drug-likeness (QED) is 0.868. The Bertz CT molecular complexity index is 574. The van der Waals surface area contributed by atoms with Crippen LogP contribution in [0.15, 0.2) is 18.2 Å². The van der Waals surface area contributed by atoms with Crippen molar-refractivity contribution in [2.24, 2.45) is 0 Å². The van der Waals surface area contributed by atoms with E-state index in [4.69, 9.17) is 5.11 Å². The van der Waals surface area contributed by atoms with Gasteiger partial charge in [0.25, 0.3) is 5.91 Å². The van der Waals surface area contributed by atoms with Gasteiger partial charge in [0.05, 0.1) is 5.56 Å². The molecule has 20 heavy (non-hydrogen) atoms. The summed E-state index contributed by atoms with van der Waals surface area (Å²) in [5, 5.41) is 8.79. The molecular formula is C12H9F4NO3. The molecule has 0 bridgehead atoms. The van der Waals surface area contributed by atoms with Gasteiger partial charge in [-0.15, -0.1) is 0 Å². The minimum absolute atomic E-state index is 0.0568. The summed E-state index contributed by atoms with van der Waals surface area (Å²) in [6, 6.07) is 3.89. The van der Waals surface area contributed by atoms with Gasteiger partial charge in [0.2, 0.25) is 0 Å². The van der Waals surface area contributed by atoms with Crippen LogP contribution in [0.1, 0.15) is 21.5 Å². The lowest BCUT2D eigenvalue weighted by molar-refractivity contribution is -0.181. The number of benzene rings is 1. The van der Waals surface area contributed by atoms with E-state index in [1.807, 2.05) is 0 Å². The van der Waals surface area contributed by atoms with E-state index in [1.54, 1.807) is 0 Å². The molecule has 0 aromatic heterocycles. The number of carboxylic acids is 1. The van der Waals surface area contributed by atoms with Crippen molar-refractivity contribution in [1.82, 2.24) is 4.90 Å². The molecule has 1 aliphatic rings. The highest BCUT2D eigenvalue weighted by Crippen LogP contribution is 2.31. The topological polar surface area (TPSA) is 57.6 Å². The molecule has 1 aromatic carbocycles. The van der Waals surface area contributed by atoms with Crippen molar-refractivity contribution in [3.63, 3.8) is 0 Å². The number of amides is 1. The van der Waals surface area contributed by atoms with Gasteiger partial charge < -0.3 is 10.0 Å². The molecule has 0 radical (unpaired) electrons. The summed E-state index contributed by atoms with van der Waals surface area (Å²) in [5.74, 6) is -7.89. The SMILES string of the molecule is O=C(O)c1ccc2c(c1)CN(C(=O)C(F)(F)C(F)F)C2. The summed E-state index contributed by atoms with van der Waals surface area (Å²) in [6.07, 6.45) is -4.08. The number of carboxylic acid groups (broad SMARTS) is 1. The normalized spacial score (nSPS) is 14.6. The summed E-state index contributed by atoms with van der Waals surface area (Å²) < 4.78 is 50.3. The number of rotatable bonds is 3. The van der Waals surface area contributed by atoms with Crippen molar-refractivity contribution in [3.05, 3.63) is 34.9 Å². The Labute approximate surface area is 110 Å². The number of carbonyl (C=O) groups excluding carboxylic acids is 1. The van der Waals surface area contributed by atoms with E-state index < -0.39 is 24.2 Å². The highest BCUT2D eigenvalue weighted by molar-refractivity contribution is 5.88. The van der Waals surface area contributed by atoms with Crippen molar-refractivity contribution in [1.29, 1.82) is 0 Å². The molecule has 108 valence electrons. The number of hydrogen-bond donors (Lipinski definition) is 1. The van der Waals surface area contributed by atoms with Gasteiger partial charge in [-0.3, -0.25) is 4.79 Å². The maximum absolute atomic E-state index is 13.0. The molecule has 1 aliphatic heterocycles. The lowest BCUT2D eigenvalue weighted by Gasteiger charge is -2.21. The van der Waals surface area contributed by atoms with Gasteiger partial charge in [-0.05, 0) is 23.3 Å². The predicted molar refractivity (Wildman–Crippen MR) is 58.6 cm³/mol.